The number of nitrogens with zero attached hydrogens (tertiary/aromatic N) is 3. The minimum absolute atomic E-state index is 0.146. The predicted octanol–water partition coefficient (Wildman–Crippen LogP) is 3.12. The van der Waals surface area contributed by atoms with Gasteiger partial charge in [-0.25, -0.2) is 0 Å². The Morgan fingerprint density at radius 1 is 1.38 bits per heavy atom. The Morgan fingerprint density at radius 2 is 2.24 bits per heavy atom. The lowest BCUT2D eigenvalue weighted by molar-refractivity contribution is -0.0639. The third kappa shape index (κ3) is 3.31. The summed E-state index contributed by atoms with van der Waals surface area (Å²) in [7, 11) is 0. The molecule has 21 heavy (non-hydrogen) atoms. The van der Waals surface area contributed by atoms with Crippen LogP contribution in [0.15, 0.2) is 23.6 Å². The maximum absolute atomic E-state index is 6.09. The average molecular weight is 303 g/mol. The van der Waals surface area contributed by atoms with Gasteiger partial charge in [0.1, 0.15) is 0 Å². The zero-order valence-corrected chi connectivity index (χ0v) is 13.6. The molecule has 112 valence electrons. The van der Waals surface area contributed by atoms with E-state index < -0.39 is 0 Å². The van der Waals surface area contributed by atoms with Crippen molar-refractivity contribution in [3.63, 3.8) is 0 Å². The summed E-state index contributed by atoms with van der Waals surface area (Å²) >= 11 is 1.41. The molecule has 1 fully saturated rings. The number of aromatic nitrogens is 2. The summed E-state index contributed by atoms with van der Waals surface area (Å²) in [5, 5.41) is 6.18. The molecule has 0 spiro atoms. The number of rotatable bonds is 3. The molecule has 2 aromatic rings. The number of morpholine rings is 1. The van der Waals surface area contributed by atoms with Crippen LogP contribution >= 0.6 is 11.5 Å². The normalized spacial score (nSPS) is 23.4. The highest BCUT2D eigenvalue weighted by Gasteiger charge is 2.28. The quantitative estimate of drug-likeness (QED) is 0.873. The van der Waals surface area contributed by atoms with Crippen molar-refractivity contribution in [3.05, 3.63) is 46.0 Å². The Hall–Kier alpha value is -1.30. The van der Waals surface area contributed by atoms with Gasteiger partial charge in [0.25, 0.3) is 0 Å². The number of hydrogen-bond donors (Lipinski definition) is 0. The van der Waals surface area contributed by atoms with Crippen LogP contribution in [-0.4, -0.2) is 33.7 Å². The number of ether oxygens (including phenoxy) is 1. The molecule has 0 unspecified atom stereocenters. The Kier molecular flexibility index (Phi) is 4.33. The van der Waals surface area contributed by atoms with Crippen LogP contribution in [0.3, 0.4) is 0 Å². The van der Waals surface area contributed by atoms with Crippen LogP contribution in [0, 0.1) is 13.8 Å². The van der Waals surface area contributed by atoms with E-state index in [-0.39, 0.29) is 6.10 Å². The highest BCUT2D eigenvalue weighted by atomic mass is 32.1. The largest absolute Gasteiger partial charge is 0.371 e. The zero-order chi connectivity index (χ0) is 14.8. The van der Waals surface area contributed by atoms with Gasteiger partial charge < -0.3 is 4.74 Å². The molecular weight excluding hydrogens is 282 g/mol. The Labute approximate surface area is 129 Å². The molecule has 0 bridgehead atoms. The minimum Gasteiger partial charge on any atom is -0.371 e. The van der Waals surface area contributed by atoms with Crippen LogP contribution in [0.4, 0.5) is 0 Å². The number of hydrogen-bond acceptors (Lipinski definition) is 5. The van der Waals surface area contributed by atoms with Crippen molar-refractivity contribution in [3.8, 4) is 0 Å². The summed E-state index contributed by atoms with van der Waals surface area (Å²) in [5.41, 5.74) is 4.94. The van der Waals surface area contributed by atoms with Crippen molar-refractivity contribution in [2.24, 2.45) is 0 Å². The van der Waals surface area contributed by atoms with Gasteiger partial charge in [-0.05, 0) is 43.4 Å². The Morgan fingerprint density at radius 3 is 3.00 bits per heavy atom. The van der Waals surface area contributed by atoms with Gasteiger partial charge in [-0.2, -0.15) is 0 Å². The van der Waals surface area contributed by atoms with Crippen LogP contribution in [0.5, 0.6) is 0 Å². The number of aryl methyl sites for hydroxylation is 2. The van der Waals surface area contributed by atoms with Gasteiger partial charge in [0.15, 0.2) is 0 Å². The second kappa shape index (κ2) is 6.22. The average Bonchev–Trinajstić information content (AvgIpc) is 2.97. The first-order valence-electron chi connectivity index (χ1n) is 7.32. The van der Waals surface area contributed by atoms with Crippen molar-refractivity contribution < 1.29 is 4.74 Å². The van der Waals surface area contributed by atoms with E-state index in [1.165, 1.54) is 28.2 Å². The lowest BCUT2D eigenvalue weighted by atomic mass is 9.99. The fourth-order valence-electron chi connectivity index (χ4n) is 2.78. The van der Waals surface area contributed by atoms with Gasteiger partial charge >= 0.3 is 0 Å². The van der Waals surface area contributed by atoms with Crippen LogP contribution in [-0.2, 0) is 11.3 Å². The molecule has 1 saturated heterocycles. The monoisotopic (exact) mass is 303 g/mol. The second-order valence-corrected chi connectivity index (χ2v) is 6.47. The standard InChI is InChI=1S/C16H21N3OS/c1-11-4-5-12(2)15(6-11)16-8-19(13(3)9-20-16)7-14-10-21-18-17-14/h4-6,10,13,16H,7-9H2,1-3H3/t13-,16-/m1/s1. The minimum atomic E-state index is 0.146. The van der Waals surface area contributed by atoms with Crippen molar-refractivity contribution in [1.82, 2.24) is 14.5 Å². The summed E-state index contributed by atoms with van der Waals surface area (Å²) < 4.78 is 10.0. The molecule has 0 saturated carbocycles. The molecule has 2 atom stereocenters. The third-order valence-corrected chi connectivity index (χ3v) is 4.67. The van der Waals surface area contributed by atoms with Crippen molar-refractivity contribution in [2.75, 3.05) is 13.2 Å². The molecule has 0 radical (unpaired) electrons. The van der Waals surface area contributed by atoms with Crippen molar-refractivity contribution in [1.29, 1.82) is 0 Å². The summed E-state index contributed by atoms with van der Waals surface area (Å²) in [6.45, 7) is 9.01. The van der Waals surface area contributed by atoms with Crippen LogP contribution in [0.1, 0.15) is 35.4 Å². The highest BCUT2D eigenvalue weighted by molar-refractivity contribution is 7.03. The fraction of sp³-hybridized carbons (Fsp3) is 0.500. The number of benzene rings is 1. The Balaban J connectivity index is 1.77. The molecule has 0 aliphatic carbocycles. The van der Waals surface area contributed by atoms with Gasteiger partial charge in [-0.1, -0.05) is 28.3 Å². The highest BCUT2D eigenvalue weighted by Crippen LogP contribution is 2.28. The van der Waals surface area contributed by atoms with E-state index in [4.69, 9.17) is 4.74 Å². The van der Waals surface area contributed by atoms with Crippen molar-refractivity contribution >= 4 is 11.5 Å². The maximum atomic E-state index is 6.09. The van der Waals surface area contributed by atoms with Gasteiger partial charge in [-0.15, -0.1) is 5.10 Å². The molecule has 1 aliphatic heterocycles. The third-order valence-electron chi connectivity index (χ3n) is 4.11. The molecular formula is C16H21N3OS. The smallest absolute Gasteiger partial charge is 0.0955 e. The van der Waals surface area contributed by atoms with Crippen molar-refractivity contribution in [2.45, 2.75) is 39.5 Å². The molecule has 4 nitrogen and oxygen atoms in total. The van der Waals surface area contributed by atoms with E-state index >= 15 is 0 Å². The molecule has 0 amide bonds. The Bertz CT molecular complexity index is 600. The van der Waals surface area contributed by atoms with Crippen LogP contribution in [0.2, 0.25) is 0 Å². The van der Waals surface area contributed by atoms with Gasteiger partial charge in [0.2, 0.25) is 0 Å². The first kappa shape index (κ1) is 14.6. The second-order valence-electron chi connectivity index (χ2n) is 5.86. The van der Waals surface area contributed by atoms with E-state index in [0.717, 1.165) is 25.4 Å². The van der Waals surface area contributed by atoms with E-state index in [0.29, 0.717) is 6.04 Å². The molecule has 1 aromatic carbocycles. The van der Waals surface area contributed by atoms with E-state index in [2.05, 4.69) is 53.5 Å². The molecule has 5 heteroatoms. The molecule has 1 aromatic heterocycles. The van der Waals surface area contributed by atoms with Crippen LogP contribution in [0.25, 0.3) is 0 Å². The SMILES string of the molecule is Cc1ccc(C)c([C@H]2CN(Cc3csnn3)[C@H](C)CO2)c1. The fourth-order valence-corrected chi connectivity index (χ4v) is 3.23. The van der Waals surface area contributed by atoms with Gasteiger partial charge in [0.05, 0.1) is 18.4 Å². The molecule has 2 heterocycles. The van der Waals surface area contributed by atoms with E-state index in [9.17, 15) is 0 Å². The summed E-state index contributed by atoms with van der Waals surface area (Å²) in [4.78, 5) is 2.44. The topological polar surface area (TPSA) is 38.2 Å². The summed E-state index contributed by atoms with van der Waals surface area (Å²) in [6.07, 6.45) is 0.146. The summed E-state index contributed by atoms with van der Waals surface area (Å²) in [5.74, 6) is 0. The van der Waals surface area contributed by atoms with E-state index in [1.54, 1.807) is 0 Å². The summed E-state index contributed by atoms with van der Waals surface area (Å²) in [6, 6.07) is 7.00. The first-order valence-corrected chi connectivity index (χ1v) is 8.16. The first-order chi connectivity index (χ1) is 10.1. The lowest BCUT2D eigenvalue weighted by Crippen LogP contribution is -2.44. The van der Waals surface area contributed by atoms with Gasteiger partial charge in [0, 0.05) is 24.5 Å². The molecule has 1 aliphatic rings. The predicted molar refractivity (Wildman–Crippen MR) is 84.4 cm³/mol. The lowest BCUT2D eigenvalue weighted by Gasteiger charge is -2.38. The van der Waals surface area contributed by atoms with Gasteiger partial charge in [-0.3, -0.25) is 4.90 Å². The van der Waals surface area contributed by atoms with E-state index in [1.807, 2.05) is 5.38 Å². The zero-order valence-electron chi connectivity index (χ0n) is 12.7. The maximum Gasteiger partial charge on any atom is 0.0955 e. The van der Waals surface area contributed by atoms with Crippen LogP contribution < -0.4 is 0 Å². The molecule has 0 N–H and O–H groups in total. The molecule has 3 rings (SSSR count).